The second kappa shape index (κ2) is 5.07. The second-order valence-electron chi connectivity index (χ2n) is 3.34. The predicted molar refractivity (Wildman–Crippen MR) is 54.0 cm³/mol. The highest BCUT2D eigenvalue weighted by Gasteiger charge is 2.17. The molecule has 0 spiro atoms. The van der Waals surface area contributed by atoms with Gasteiger partial charge in [-0.15, -0.1) is 0 Å². The summed E-state index contributed by atoms with van der Waals surface area (Å²) < 4.78 is 7.06. The van der Waals surface area contributed by atoms with Crippen molar-refractivity contribution in [2.75, 3.05) is 14.2 Å². The molecule has 1 heterocycles. The van der Waals surface area contributed by atoms with Crippen LogP contribution < -0.4 is 5.32 Å². The van der Waals surface area contributed by atoms with Gasteiger partial charge in [0.05, 0.1) is 6.10 Å². The van der Waals surface area contributed by atoms with Gasteiger partial charge in [0.15, 0.2) is 0 Å². The van der Waals surface area contributed by atoms with Crippen LogP contribution in [-0.2, 0) is 18.2 Å². The normalized spacial score (nSPS) is 15.4. The number of aryl methyl sites for hydroxylation is 1. The summed E-state index contributed by atoms with van der Waals surface area (Å²) in [7, 11) is 5.54. The fourth-order valence-corrected chi connectivity index (χ4v) is 1.37. The summed E-state index contributed by atoms with van der Waals surface area (Å²) in [4.78, 5) is 4.18. The lowest BCUT2D eigenvalue weighted by Crippen LogP contribution is -2.39. The zero-order valence-electron chi connectivity index (χ0n) is 9.19. The van der Waals surface area contributed by atoms with Gasteiger partial charge in [-0.2, -0.15) is 5.10 Å². The summed E-state index contributed by atoms with van der Waals surface area (Å²) in [5.74, 6) is 0.966. The SMILES string of the molecule is CNC(Cc1ncnn1C)C(C)OC. The molecule has 0 aliphatic rings. The minimum atomic E-state index is 0.164. The average molecular weight is 198 g/mol. The summed E-state index contributed by atoms with van der Waals surface area (Å²) in [5, 5.41) is 7.24. The molecule has 1 N–H and O–H groups in total. The molecule has 0 saturated carbocycles. The Labute approximate surface area is 84.5 Å². The molecule has 80 valence electrons. The Hall–Kier alpha value is -0.940. The molecule has 2 atom stereocenters. The first-order valence-corrected chi connectivity index (χ1v) is 4.72. The Kier molecular flexibility index (Phi) is 4.03. The minimum Gasteiger partial charge on any atom is -0.380 e. The zero-order valence-corrected chi connectivity index (χ0v) is 9.19. The van der Waals surface area contributed by atoms with Crippen LogP contribution in [-0.4, -0.2) is 41.1 Å². The molecule has 0 aliphatic heterocycles. The van der Waals surface area contributed by atoms with Gasteiger partial charge in [0.2, 0.25) is 0 Å². The van der Waals surface area contributed by atoms with Gasteiger partial charge in [0.1, 0.15) is 12.2 Å². The van der Waals surface area contributed by atoms with E-state index in [1.54, 1.807) is 18.1 Å². The third-order valence-corrected chi connectivity index (χ3v) is 2.52. The minimum absolute atomic E-state index is 0.164. The third-order valence-electron chi connectivity index (χ3n) is 2.52. The zero-order chi connectivity index (χ0) is 10.6. The van der Waals surface area contributed by atoms with Crippen LogP contribution in [0.2, 0.25) is 0 Å². The molecule has 14 heavy (non-hydrogen) atoms. The van der Waals surface area contributed by atoms with Crippen LogP contribution in [0.3, 0.4) is 0 Å². The lowest BCUT2D eigenvalue weighted by Gasteiger charge is -2.21. The van der Waals surface area contributed by atoms with Crippen molar-refractivity contribution in [3.63, 3.8) is 0 Å². The predicted octanol–water partition coefficient (Wildman–Crippen LogP) is -0.0195. The van der Waals surface area contributed by atoms with Crippen molar-refractivity contribution < 1.29 is 4.74 Å². The van der Waals surface area contributed by atoms with Gasteiger partial charge in [-0.3, -0.25) is 4.68 Å². The van der Waals surface area contributed by atoms with Gasteiger partial charge in [-0.1, -0.05) is 0 Å². The van der Waals surface area contributed by atoms with Crippen molar-refractivity contribution in [2.45, 2.75) is 25.5 Å². The fourth-order valence-electron chi connectivity index (χ4n) is 1.37. The third kappa shape index (κ3) is 2.52. The maximum Gasteiger partial charge on any atom is 0.138 e. The van der Waals surface area contributed by atoms with E-state index in [0.717, 1.165) is 12.2 Å². The van der Waals surface area contributed by atoms with Crippen LogP contribution in [0.15, 0.2) is 6.33 Å². The largest absolute Gasteiger partial charge is 0.380 e. The maximum atomic E-state index is 5.27. The molecular weight excluding hydrogens is 180 g/mol. The standard InChI is InChI=1S/C9H18N4O/c1-7(14-4)8(10-2)5-9-11-6-12-13(9)3/h6-8,10H,5H2,1-4H3. The molecule has 1 rings (SSSR count). The molecule has 2 unspecified atom stereocenters. The summed E-state index contributed by atoms with van der Waals surface area (Å²) >= 11 is 0. The van der Waals surface area contributed by atoms with Crippen LogP contribution in [0, 0.1) is 0 Å². The number of aromatic nitrogens is 3. The number of hydrogen-bond donors (Lipinski definition) is 1. The quantitative estimate of drug-likeness (QED) is 0.722. The molecule has 1 aromatic rings. The van der Waals surface area contributed by atoms with Crippen molar-refractivity contribution >= 4 is 0 Å². The molecular formula is C9H18N4O. The van der Waals surface area contributed by atoms with Crippen LogP contribution in [0.25, 0.3) is 0 Å². The fraction of sp³-hybridized carbons (Fsp3) is 0.778. The van der Waals surface area contributed by atoms with Gasteiger partial charge in [0.25, 0.3) is 0 Å². The number of hydrogen-bond acceptors (Lipinski definition) is 4. The molecule has 0 aliphatic carbocycles. The summed E-state index contributed by atoms with van der Waals surface area (Å²) in [6, 6.07) is 0.267. The Bertz CT molecular complexity index is 274. The topological polar surface area (TPSA) is 52.0 Å². The van der Waals surface area contributed by atoms with Crippen LogP contribution in [0.1, 0.15) is 12.7 Å². The van der Waals surface area contributed by atoms with E-state index < -0.39 is 0 Å². The second-order valence-corrected chi connectivity index (χ2v) is 3.34. The first kappa shape index (κ1) is 11.1. The van der Waals surface area contributed by atoms with Crippen LogP contribution >= 0.6 is 0 Å². The molecule has 0 fully saturated rings. The number of methoxy groups -OCH3 is 1. The average Bonchev–Trinajstić information content (AvgIpc) is 2.59. The molecule has 5 nitrogen and oxygen atoms in total. The molecule has 0 amide bonds. The van der Waals surface area contributed by atoms with E-state index >= 15 is 0 Å². The maximum absolute atomic E-state index is 5.27. The van der Waals surface area contributed by atoms with Gasteiger partial charge in [0, 0.05) is 26.6 Å². The Morgan fingerprint density at radius 2 is 2.36 bits per heavy atom. The Morgan fingerprint density at radius 1 is 1.64 bits per heavy atom. The Balaban J connectivity index is 2.61. The molecule has 5 heteroatoms. The first-order chi connectivity index (χ1) is 6.69. The van der Waals surface area contributed by atoms with E-state index in [2.05, 4.69) is 15.4 Å². The molecule has 0 radical (unpaired) electrons. The summed E-state index contributed by atoms with van der Waals surface area (Å²) in [5.41, 5.74) is 0. The molecule has 0 aromatic carbocycles. The van der Waals surface area contributed by atoms with Crippen molar-refractivity contribution in [3.05, 3.63) is 12.2 Å². The number of nitrogens with one attached hydrogen (secondary N) is 1. The van der Waals surface area contributed by atoms with E-state index in [1.165, 1.54) is 0 Å². The van der Waals surface area contributed by atoms with Gasteiger partial charge >= 0.3 is 0 Å². The summed E-state index contributed by atoms with van der Waals surface area (Å²) in [6.07, 6.45) is 2.55. The van der Waals surface area contributed by atoms with Crippen molar-refractivity contribution in [3.8, 4) is 0 Å². The molecule has 0 saturated heterocycles. The lowest BCUT2D eigenvalue weighted by molar-refractivity contribution is 0.0847. The highest BCUT2D eigenvalue weighted by molar-refractivity contribution is 4.90. The van der Waals surface area contributed by atoms with Crippen molar-refractivity contribution in [1.82, 2.24) is 20.1 Å². The van der Waals surface area contributed by atoms with Gasteiger partial charge < -0.3 is 10.1 Å². The molecule has 1 aromatic heterocycles. The smallest absolute Gasteiger partial charge is 0.138 e. The van der Waals surface area contributed by atoms with Crippen LogP contribution in [0.5, 0.6) is 0 Å². The monoisotopic (exact) mass is 198 g/mol. The van der Waals surface area contributed by atoms with E-state index in [0.29, 0.717) is 0 Å². The van der Waals surface area contributed by atoms with E-state index in [1.807, 2.05) is 21.0 Å². The number of rotatable bonds is 5. The summed E-state index contributed by atoms with van der Waals surface area (Å²) in [6.45, 7) is 2.04. The van der Waals surface area contributed by atoms with E-state index in [4.69, 9.17) is 4.74 Å². The van der Waals surface area contributed by atoms with Gasteiger partial charge in [-0.25, -0.2) is 4.98 Å². The van der Waals surface area contributed by atoms with Crippen molar-refractivity contribution in [2.24, 2.45) is 7.05 Å². The first-order valence-electron chi connectivity index (χ1n) is 4.72. The number of ether oxygens (including phenoxy) is 1. The Morgan fingerprint density at radius 3 is 2.79 bits per heavy atom. The number of nitrogens with zero attached hydrogens (tertiary/aromatic N) is 3. The number of likely N-dealkylation sites (N-methyl/N-ethyl adjacent to an activating group) is 1. The van der Waals surface area contributed by atoms with Crippen LogP contribution in [0.4, 0.5) is 0 Å². The van der Waals surface area contributed by atoms with Crippen molar-refractivity contribution in [1.29, 1.82) is 0 Å². The van der Waals surface area contributed by atoms with E-state index in [-0.39, 0.29) is 12.1 Å². The molecule has 0 bridgehead atoms. The highest BCUT2D eigenvalue weighted by atomic mass is 16.5. The van der Waals surface area contributed by atoms with Gasteiger partial charge in [-0.05, 0) is 14.0 Å². The highest BCUT2D eigenvalue weighted by Crippen LogP contribution is 2.04. The van der Waals surface area contributed by atoms with E-state index in [9.17, 15) is 0 Å². The lowest BCUT2D eigenvalue weighted by atomic mass is 10.1.